The summed E-state index contributed by atoms with van der Waals surface area (Å²) in [6.45, 7) is 8.19. The molecule has 3 rings (SSSR count). The van der Waals surface area contributed by atoms with Crippen LogP contribution in [0, 0.1) is 0 Å². The van der Waals surface area contributed by atoms with Crippen LogP contribution in [0.2, 0.25) is 0 Å². The summed E-state index contributed by atoms with van der Waals surface area (Å²) in [4.78, 5) is 16.6. The lowest BCUT2D eigenvalue weighted by atomic mass is 10.0. The molecule has 1 aliphatic heterocycles. The molecule has 0 saturated carbocycles. The fraction of sp³-hybridized carbons (Fsp3) is 0.409. The number of aromatic hydroxyl groups is 1. The Labute approximate surface area is 161 Å². The van der Waals surface area contributed by atoms with Crippen LogP contribution in [-0.4, -0.2) is 53.2 Å². The quantitative estimate of drug-likeness (QED) is 0.821. The van der Waals surface area contributed by atoms with Gasteiger partial charge in [-0.05, 0) is 37.1 Å². The lowest BCUT2D eigenvalue weighted by molar-refractivity contribution is 0.0290. The summed E-state index contributed by atoms with van der Waals surface area (Å²) in [6, 6.07) is 16.7. The van der Waals surface area contributed by atoms with Gasteiger partial charge in [-0.3, -0.25) is 9.80 Å². The summed E-state index contributed by atoms with van der Waals surface area (Å²) in [7, 11) is 1.31. The molecule has 0 bridgehead atoms. The molecule has 1 fully saturated rings. The number of phenolic OH excluding ortho intramolecular Hbond substituents is 1. The Bertz CT molecular complexity index is 766. The molecule has 0 aliphatic carbocycles. The Morgan fingerprint density at radius 1 is 1.04 bits per heavy atom. The second-order valence-electron chi connectivity index (χ2n) is 7.39. The molecule has 0 amide bonds. The van der Waals surface area contributed by atoms with Crippen molar-refractivity contribution in [1.29, 1.82) is 0 Å². The van der Waals surface area contributed by atoms with E-state index in [4.69, 9.17) is 0 Å². The van der Waals surface area contributed by atoms with Gasteiger partial charge < -0.3 is 9.84 Å². The molecule has 1 heterocycles. The van der Waals surface area contributed by atoms with Crippen molar-refractivity contribution in [2.24, 2.45) is 0 Å². The number of nitrogens with zero attached hydrogens (tertiary/aromatic N) is 2. The largest absolute Gasteiger partial charge is 0.507 e. The van der Waals surface area contributed by atoms with Crippen LogP contribution in [0.4, 0.5) is 0 Å². The van der Waals surface area contributed by atoms with E-state index >= 15 is 0 Å². The molecular weight excluding hydrogens is 340 g/mol. The number of esters is 1. The van der Waals surface area contributed by atoms with Gasteiger partial charge in [0.15, 0.2) is 0 Å². The molecule has 1 saturated heterocycles. The van der Waals surface area contributed by atoms with Crippen molar-refractivity contribution < 1.29 is 14.6 Å². The molecule has 5 nitrogen and oxygen atoms in total. The fourth-order valence-corrected chi connectivity index (χ4v) is 3.92. The van der Waals surface area contributed by atoms with E-state index in [-0.39, 0.29) is 11.3 Å². The Hall–Kier alpha value is -2.37. The molecule has 144 valence electrons. The van der Waals surface area contributed by atoms with Crippen LogP contribution in [0.1, 0.15) is 35.3 Å². The number of piperazine rings is 1. The Kier molecular flexibility index (Phi) is 6.14. The first kappa shape index (κ1) is 19.4. The number of ether oxygens (including phenoxy) is 1. The van der Waals surface area contributed by atoms with Crippen LogP contribution in [0.3, 0.4) is 0 Å². The molecule has 1 N–H and O–H groups in total. The van der Waals surface area contributed by atoms with E-state index in [2.05, 4.69) is 58.7 Å². The van der Waals surface area contributed by atoms with E-state index in [1.165, 1.54) is 12.7 Å². The third kappa shape index (κ3) is 4.67. The molecule has 5 heteroatoms. The summed E-state index contributed by atoms with van der Waals surface area (Å²) in [5, 5.41) is 10.1. The zero-order chi connectivity index (χ0) is 19.4. The van der Waals surface area contributed by atoms with Crippen LogP contribution in [0.15, 0.2) is 48.5 Å². The zero-order valence-corrected chi connectivity index (χ0v) is 16.3. The van der Waals surface area contributed by atoms with Crippen LogP contribution in [0.25, 0.3) is 0 Å². The molecule has 1 aliphatic rings. The van der Waals surface area contributed by atoms with Crippen molar-refractivity contribution in [3.63, 3.8) is 0 Å². The summed E-state index contributed by atoms with van der Waals surface area (Å²) < 4.78 is 4.68. The number of carbonyl (C=O) groups is 1. The first-order valence-corrected chi connectivity index (χ1v) is 9.40. The molecule has 2 atom stereocenters. The van der Waals surface area contributed by atoms with Gasteiger partial charge in [-0.2, -0.15) is 0 Å². The van der Waals surface area contributed by atoms with E-state index in [9.17, 15) is 9.90 Å². The first-order valence-electron chi connectivity index (χ1n) is 9.40. The predicted octanol–water partition coefficient (Wildman–Crippen LogP) is 3.27. The molecule has 2 aromatic carbocycles. The summed E-state index contributed by atoms with van der Waals surface area (Å²) in [5.74, 6) is -0.543. The molecule has 27 heavy (non-hydrogen) atoms. The van der Waals surface area contributed by atoms with Gasteiger partial charge in [0.05, 0.1) is 7.11 Å². The van der Waals surface area contributed by atoms with Crippen molar-refractivity contribution in [3.05, 3.63) is 65.2 Å². The minimum Gasteiger partial charge on any atom is -0.507 e. The zero-order valence-electron chi connectivity index (χ0n) is 16.3. The number of phenols is 1. The average Bonchev–Trinajstić information content (AvgIpc) is 2.65. The number of rotatable bonds is 5. The maximum absolute atomic E-state index is 11.6. The Morgan fingerprint density at radius 3 is 2.30 bits per heavy atom. The Balaban J connectivity index is 1.63. The molecule has 0 aromatic heterocycles. The van der Waals surface area contributed by atoms with Crippen LogP contribution in [-0.2, 0) is 17.8 Å². The lowest BCUT2D eigenvalue weighted by Gasteiger charge is -2.44. The van der Waals surface area contributed by atoms with Gasteiger partial charge in [0.2, 0.25) is 0 Å². The summed E-state index contributed by atoms with van der Waals surface area (Å²) >= 11 is 0. The maximum atomic E-state index is 11.6. The first-order chi connectivity index (χ1) is 13.0. The van der Waals surface area contributed by atoms with Crippen molar-refractivity contribution in [1.82, 2.24) is 9.80 Å². The molecular formula is C22H28N2O3. The summed E-state index contributed by atoms with van der Waals surface area (Å²) in [6.07, 6.45) is 0. The van der Waals surface area contributed by atoms with E-state index in [0.29, 0.717) is 12.1 Å². The van der Waals surface area contributed by atoms with E-state index in [0.717, 1.165) is 31.7 Å². The van der Waals surface area contributed by atoms with Crippen LogP contribution < -0.4 is 0 Å². The highest BCUT2D eigenvalue weighted by molar-refractivity contribution is 5.92. The minimum atomic E-state index is -0.518. The molecule has 0 unspecified atom stereocenters. The highest BCUT2D eigenvalue weighted by Crippen LogP contribution is 2.24. The van der Waals surface area contributed by atoms with Crippen molar-refractivity contribution >= 4 is 5.97 Å². The van der Waals surface area contributed by atoms with Crippen LogP contribution in [0.5, 0.6) is 5.75 Å². The highest BCUT2D eigenvalue weighted by atomic mass is 16.5. The standard InChI is InChI=1S/C22H28N2O3/c1-16-12-23(13-17(2)24(16)15-18-7-5-4-6-8-18)14-19-9-10-20(21(25)11-19)22(26)27-3/h4-11,16-17,25H,12-15H2,1-3H3/t16-,17+. The normalized spacial score (nSPS) is 21.1. The number of carbonyl (C=O) groups excluding carboxylic acids is 1. The van der Waals surface area contributed by atoms with Gasteiger partial charge in [-0.25, -0.2) is 4.79 Å². The molecule has 2 aromatic rings. The van der Waals surface area contributed by atoms with Gasteiger partial charge in [0.25, 0.3) is 0 Å². The SMILES string of the molecule is COC(=O)c1ccc(CN2C[C@@H](C)N(Cc3ccccc3)[C@@H](C)C2)cc1O. The number of methoxy groups -OCH3 is 1. The van der Waals surface area contributed by atoms with E-state index in [1.807, 2.05) is 6.07 Å². The Morgan fingerprint density at radius 2 is 1.70 bits per heavy atom. The number of benzene rings is 2. The highest BCUT2D eigenvalue weighted by Gasteiger charge is 2.29. The molecule has 0 spiro atoms. The number of hydrogen-bond donors (Lipinski definition) is 1. The predicted molar refractivity (Wildman–Crippen MR) is 106 cm³/mol. The van der Waals surface area contributed by atoms with Crippen molar-refractivity contribution in [3.8, 4) is 5.75 Å². The minimum absolute atomic E-state index is 0.0249. The topological polar surface area (TPSA) is 53.0 Å². The monoisotopic (exact) mass is 368 g/mol. The maximum Gasteiger partial charge on any atom is 0.341 e. The van der Waals surface area contributed by atoms with Gasteiger partial charge in [0, 0.05) is 38.3 Å². The van der Waals surface area contributed by atoms with Gasteiger partial charge in [0.1, 0.15) is 11.3 Å². The van der Waals surface area contributed by atoms with Gasteiger partial charge in [-0.1, -0.05) is 36.4 Å². The average molecular weight is 368 g/mol. The smallest absolute Gasteiger partial charge is 0.341 e. The number of hydrogen-bond acceptors (Lipinski definition) is 5. The second-order valence-corrected chi connectivity index (χ2v) is 7.39. The third-order valence-electron chi connectivity index (χ3n) is 5.26. The van der Waals surface area contributed by atoms with Crippen LogP contribution >= 0.6 is 0 Å². The summed E-state index contributed by atoms with van der Waals surface area (Å²) in [5.41, 5.74) is 2.54. The van der Waals surface area contributed by atoms with E-state index < -0.39 is 5.97 Å². The van der Waals surface area contributed by atoms with Gasteiger partial charge in [-0.15, -0.1) is 0 Å². The van der Waals surface area contributed by atoms with Crippen molar-refractivity contribution in [2.45, 2.75) is 39.0 Å². The third-order valence-corrected chi connectivity index (χ3v) is 5.26. The van der Waals surface area contributed by atoms with E-state index in [1.54, 1.807) is 12.1 Å². The lowest BCUT2D eigenvalue weighted by Crippen LogP contribution is -2.55. The van der Waals surface area contributed by atoms with Gasteiger partial charge >= 0.3 is 5.97 Å². The molecule has 0 radical (unpaired) electrons. The fourth-order valence-electron chi connectivity index (χ4n) is 3.92. The second kappa shape index (κ2) is 8.55. The van der Waals surface area contributed by atoms with Crippen molar-refractivity contribution in [2.75, 3.05) is 20.2 Å².